The van der Waals surface area contributed by atoms with Gasteiger partial charge in [-0.3, -0.25) is 0 Å². The van der Waals surface area contributed by atoms with Gasteiger partial charge in [-0.25, -0.2) is 4.79 Å². The van der Waals surface area contributed by atoms with Crippen molar-refractivity contribution in [2.75, 3.05) is 13.2 Å². The van der Waals surface area contributed by atoms with Gasteiger partial charge in [-0.15, -0.1) is 0 Å². The lowest BCUT2D eigenvalue weighted by Crippen LogP contribution is -2.49. The summed E-state index contributed by atoms with van der Waals surface area (Å²) in [5.74, 6) is 0. The van der Waals surface area contributed by atoms with Gasteiger partial charge in [-0.05, 0) is 19.3 Å². The molecule has 0 fully saturated rings. The van der Waals surface area contributed by atoms with Gasteiger partial charge in [-0.1, -0.05) is 33.1 Å². The van der Waals surface area contributed by atoms with E-state index >= 15 is 0 Å². The zero-order chi connectivity index (χ0) is 11.9. The Balaban J connectivity index is 0. The molecule has 0 aliphatic carbocycles. The average Bonchev–Trinajstić information content (AvgIpc) is 2.22. The molecule has 0 bridgehead atoms. The average molecular weight is 220 g/mol. The highest BCUT2D eigenvalue weighted by Crippen LogP contribution is 1.93. The fraction of sp³-hybridized carbons (Fsp3) is 0.909. The number of quaternary nitrogens is 1. The molecule has 4 nitrogen and oxygen atoms in total. The summed E-state index contributed by atoms with van der Waals surface area (Å²) in [4.78, 5) is 9.74. The molecule has 0 amide bonds. The normalized spacial score (nSPS) is 9.00. The number of hydrogen-bond donors (Lipinski definition) is 2. The quantitative estimate of drug-likeness (QED) is 0.510. The van der Waals surface area contributed by atoms with E-state index in [4.69, 9.17) is 5.11 Å². The Labute approximate surface area is 92.8 Å². The van der Waals surface area contributed by atoms with Gasteiger partial charge in [0.15, 0.2) is 0 Å². The van der Waals surface area contributed by atoms with Crippen LogP contribution in [0.5, 0.6) is 0 Å². The lowest BCUT2D eigenvalue weighted by atomic mass is 10.3. The van der Waals surface area contributed by atoms with Crippen LogP contribution in [0.25, 0.3) is 0 Å². The first-order chi connectivity index (χ1) is 7.18. The van der Waals surface area contributed by atoms with Crippen molar-refractivity contribution in [2.24, 2.45) is 0 Å². The van der Waals surface area contributed by atoms with Crippen LogP contribution >= 0.6 is 0 Å². The van der Waals surface area contributed by atoms with E-state index in [2.05, 4.69) is 24.3 Å². The molecule has 0 unspecified atom stereocenters. The first-order valence-corrected chi connectivity index (χ1v) is 5.83. The molecular formula is C11H26NO3+. The molecule has 0 aromatic carbocycles. The number of ether oxygens (including phenoxy) is 1. The molecule has 92 valence electrons. The molecule has 0 saturated carbocycles. The van der Waals surface area contributed by atoms with Crippen molar-refractivity contribution in [3.63, 3.8) is 0 Å². The van der Waals surface area contributed by atoms with Crippen LogP contribution in [0.4, 0.5) is 4.79 Å². The molecule has 0 atom stereocenters. The van der Waals surface area contributed by atoms with Crippen LogP contribution in [0.3, 0.4) is 0 Å². The van der Waals surface area contributed by atoms with Crippen LogP contribution in [0.2, 0.25) is 0 Å². The Morgan fingerprint density at radius 3 is 2.00 bits per heavy atom. The fourth-order valence-electron chi connectivity index (χ4n) is 0.938. The lowest BCUT2D eigenvalue weighted by molar-refractivity contribution is -0.368. The van der Waals surface area contributed by atoms with E-state index in [1.54, 1.807) is 0 Å². The largest absolute Gasteiger partial charge is 0.505 e. The predicted molar refractivity (Wildman–Crippen MR) is 60.8 cm³/mol. The number of carbonyl (C=O) groups is 1. The molecule has 15 heavy (non-hydrogen) atoms. The molecule has 4 N–H and O–H groups in total. The maximum atomic E-state index is 9.74. The Morgan fingerprint density at radius 2 is 1.67 bits per heavy atom. The second kappa shape index (κ2) is 15.7. The fourth-order valence-corrected chi connectivity index (χ4v) is 0.938. The van der Waals surface area contributed by atoms with E-state index in [0.29, 0.717) is 6.61 Å². The van der Waals surface area contributed by atoms with Crippen molar-refractivity contribution in [3.8, 4) is 0 Å². The third-order valence-electron chi connectivity index (χ3n) is 1.83. The maximum Gasteiger partial charge on any atom is 0.505 e. The summed E-state index contributed by atoms with van der Waals surface area (Å²) in [5.41, 5.74) is 3.72. The van der Waals surface area contributed by atoms with Crippen LogP contribution in [-0.4, -0.2) is 24.4 Å². The summed E-state index contributed by atoms with van der Waals surface area (Å²) in [6.07, 6.45) is 5.75. The smallest absolute Gasteiger partial charge is 0.450 e. The topological polar surface area (TPSA) is 74.2 Å². The molecule has 0 radical (unpaired) electrons. The number of hydrogen-bond acceptors (Lipinski definition) is 2. The number of carboxylic acid groups (broad SMARTS) is 1. The van der Waals surface area contributed by atoms with Crippen LogP contribution < -0.4 is 5.73 Å². The summed E-state index contributed by atoms with van der Waals surface area (Å²) < 4.78 is 4.26. The first kappa shape index (κ1) is 16.7. The summed E-state index contributed by atoms with van der Waals surface area (Å²) in [5, 5.41) is 7.99. The van der Waals surface area contributed by atoms with E-state index in [0.717, 1.165) is 25.8 Å². The van der Waals surface area contributed by atoms with E-state index in [-0.39, 0.29) is 0 Å². The van der Waals surface area contributed by atoms with Crippen molar-refractivity contribution >= 4 is 6.16 Å². The van der Waals surface area contributed by atoms with E-state index in [1.807, 2.05) is 0 Å². The molecule has 0 aromatic heterocycles. The summed E-state index contributed by atoms with van der Waals surface area (Å²) >= 11 is 0. The van der Waals surface area contributed by atoms with Gasteiger partial charge in [0.2, 0.25) is 0 Å². The molecule has 4 heteroatoms. The van der Waals surface area contributed by atoms with E-state index in [1.165, 1.54) is 19.3 Å². The van der Waals surface area contributed by atoms with E-state index in [9.17, 15) is 4.79 Å². The molecule has 0 saturated heterocycles. The molecule has 0 aliphatic heterocycles. The predicted octanol–water partition coefficient (Wildman–Crippen LogP) is 2.29. The number of rotatable bonds is 7. The standard InChI is InChI=1S/C6H12O3.C5H13N/c1-2-3-4-5-9-6(7)8;1-2-3-4-5-6/h2-5H2,1H3,(H,7,8);2-6H2,1H3/p+1. The third kappa shape index (κ3) is 24.6. The Kier molecular flexibility index (Phi) is 17.4. The van der Waals surface area contributed by atoms with Gasteiger partial charge < -0.3 is 15.6 Å². The Morgan fingerprint density at radius 1 is 1.13 bits per heavy atom. The zero-order valence-corrected chi connectivity index (χ0v) is 10.1. The highest BCUT2D eigenvalue weighted by Gasteiger charge is 1.93. The summed E-state index contributed by atoms with van der Waals surface area (Å²) in [7, 11) is 0. The second-order valence-corrected chi connectivity index (χ2v) is 3.38. The van der Waals surface area contributed by atoms with Crippen molar-refractivity contribution < 1.29 is 20.4 Å². The van der Waals surface area contributed by atoms with Crippen molar-refractivity contribution in [2.45, 2.75) is 52.4 Å². The van der Waals surface area contributed by atoms with Gasteiger partial charge in [0.05, 0.1) is 13.2 Å². The minimum Gasteiger partial charge on any atom is -0.450 e. The van der Waals surface area contributed by atoms with E-state index < -0.39 is 6.16 Å². The van der Waals surface area contributed by atoms with Crippen LogP contribution in [0, 0.1) is 0 Å². The van der Waals surface area contributed by atoms with Gasteiger partial charge >= 0.3 is 6.16 Å². The minimum atomic E-state index is -1.17. The zero-order valence-electron chi connectivity index (χ0n) is 10.1. The Bertz CT molecular complexity index is 125. The van der Waals surface area contributed by atoms with Crippen molar-refractivity contribution in [1.82, 2.24) is 0 Å². The van der Waals surface area contributed by atoms with Crippen LogP contribution in [0.15, 0.2) is 0 Å². The number of unbranched alkanes of at least 4 members (excludes halogenated alkanes) is 4. The van der Waals surface area contributed by atoms with Gasteiger partial charge in [0, 0.05) is 0 Å². The first-order valence-electron chi connectivity index (χ1n) is 5.83. The maximum absolute atomic E-state index is 9.74. The van der Waals surface area contributed by atoms with Crippen LogP contribution in [-0.2, 0) is 4.74 Å². The lowest BCUT2D eigenvalue weighted by Gasteiger charge is -1.96. The molecule has 0 rings (SSSR count). The van der Waals surface area contributed by atoms with Gasteiger partial charge in [0.1, 0.15) is 0 Å². The highest BCUT2D eigenvalue weighted by molar-refractivity contribution is 5.56. The monoisotopic (exact) mass is 220 g/mol. The minimum absolute atomic E-state index is 0.336. The van der Waals surface area contributed by atoms with Crippen molar-refractivity contribution in [3.05, 3.63) is 0 Å². The second-order valence-electron chi connectivity index (χ2n) is 3.38. The summed E-state index contributed by atoms with van der Waals surface area (Å²) in [6, 6.07) is 0. The van der Waals surface area contributed by atoms with Gasteiger partial charge in [0.25, 0.3) is 0 Å². The molecule has 0 aliphatic rings. The molecule has 0 aromatic rings. The van der Waals surface area contributed by atoms with Crippen LogP contribution in [0.1, 0.15) is 52.4 Å². The third-order valence-corrected chi connectivity index (χ3v) is 1.83. The van der Waals surface area contributed by atoms with Gasteiger partial charge in [-0.2, -0.15) is 0 Å². The summed E-state index contributed by atoms with van der Waals surface area (Å²) in [6.45, 7) is 5.70. The Hall–Kier alpha value is -0.770. The molecule has 0 heterocycles. The molecule has 0 spiro atoms. The van der Waals surface area contributed by atoms with Crippen molar-refractivity contribution in [1.29, 1.82) is 0 Å². The highest BCUT2D eigenvalue weighted by atomic mass is 16.7. The molecular weight excluding hydrogens is 194 g/mol. The SMILES string of the molecule is CCCCCOC(=O)O.CCCCC[NH3+].